The molecular weight excluding hydrogens is 406 g/mol. The molecule has 1 fully saturated rings. The first-order chi connectivity index (χ1) is 13.0. The molecule has 0 unspecified atom stereocenters. The second kappa shape index (κ2) is 7.05. The van der Waals surface area contributed by atoms with Crippen LogP contribution in [0.4, 0.5) is 17.1 Å². The molecule has 0 amide bonds. The molecule has 0 atom stereocenters. The van der Waals surface area contributed by atoms with Crippen LogP contribution in [0.2, 0.25) is 5.02 Å². The minimum atomic E-state index is -3.66. The number of fused-ring (bicyclic) bond motifs is 1. The standard InChI is InChI=1S/C17H14ClN5O2S2/c18-13-4-5-15(12(10-13)11-19)22-6-8-23(9-7-22)27(24,25)16-3-1-2-14-17(16)21-26-20-14/h1-5,10H,6-9H2. The molecule has 2 heterocycles. The van der Waals surface area contributed by atoms with Crippen LogP contribution in [-0.2, 0) is 21.4 Å². The third-order valence-electron chi connectivity index (χ3n) is 4.53. The maximum Gasteiger partial charge on any atom is 0.245 e. The summed E-state index contributed by atoms with van der Waals surface area (Å²) in [5, 5.41) is 9.83. The molecule has 0 bridgehead atoms. The molecule has 2 aromatic carbocycles. The van der Waals surface area contributed by atoms with E-state index in [4.69, 9.17) is 11.6 Å². The van der Waals surface area contributed by atoms with Crippen LogP contribution in [-0.4, -0.2) is 38.9 Å². The van der Waals surface area contributed by atoms with Gasteiger partial charge in [-0.3, -0.25) is 0 Å². The van der Waals surface area contributed by atoms with E-state index in [1.54, 1.807) is 36.4 Å². The summed E-state index contributed by atoms with van der Waals surface area (Å²) in [5.41, 5.74) is 2.25. The van der Waals surface area contributed by atoms with E-state index >= 15 is 0 Å². The van der Waals surface area contributed by atoms with E-state index in [1.807, 2.05) is 4.90 Å². The summed E-state index contributed by atoms with van der Waals surface area (Å²) in [5.74, 6) is 0. The van der Waals surface area contributed by atoms with E-state index < -0.39 is 10.0 Å². The van der Waals surface area contributed by atoms with Crippen LogP contribution in [0.15, 0.2) is 50.0 Å². The van der Waals surface area contributed by atoms with Gasteiger partial charge in [-0.2, -0.15) is 18.3 Å². The van der Waals surface area contributed by atoms with Crippen LogP contribution < -0.4 is 4.90 Å². The lowest BCUT2D eigenvalue weighted by atomic mass is 10.1. The maximum absolute atomic E-state index is 13.1. The van der Waals surface area contributed by atoms with Crippen molar-refractivity contribution in [2.24, 2.45) is 8.73 Å². The predicted molar refractivity (Wildman–Crippen MR) is 105 cm³/mol. The Morgan fingerprint density at radius 2 is 1.89 bits per heavy atom. The van der Waals surface area contributed by atoms with Crippen molar-refractivity contribution in [1.82, 2.24) is 4.31 Å². The summed E-state index contributed by atoms with van der Waals surface area (Å²) in [7, 11) is -3.66. The number of halogens is 1. The van der Waals surface area contributed by atoms with Gasteiger partial charge in [0.25, 0.3) is 0 Å². The average molecular weight is 420 g/mol. The number of nitrogens with zero attached hydrogens (tertiary/aromatic N) is 5. The molecule has 0 aliphatic carbocycles. The molecule has 2 aromatic rings. The van der Waals surface area contributed by atoms with E-state index in [0.29, 0.717) is 48.1 Å². The second-order valence-electron chi connectivity index (χ2n) is 6.05. The Balaban J connectivity index is 1.56. The van der Waals surface area contributed by atoms with Crippen LogP contribution >= 0.6 is 11.6 Å². The van der Waals surface area contributed by atoms with Crippen molar-refractivity contribution in [3.8, 4) is 6.07 Å². The monoisotopic (exact) mass is 419 g/mol. The summed E-state index contributed by atoms with van der Waals surface area (Å²) in [6.07, 6.45) is 0. The van der Waals surface area contributed by atoms with Crippen molar-refractivity contribution >= 4 is 50.0 Å². The van der Waals surface area contributed by atoms with Crippen molar-refractivity contribution in [3.05, 3.63) is 47.0 Å². The number of sulfonamides is 1. The molecule has 0 spiro atoms. The van der Waals surface area contributed by atoms with Gasteiger partial charge in [0.2, 0.25) is 10.0 Å². The molecule has 4 rings (SSSR count). The number of benzene rings is 2. The van der Waals surface area contributed by atoms with Gasteiger partial charge in [-0.1, -0.05) is 17.7 Å². The van der Waals surface area contributed by atoms with E-state index in [9.17, 15) is 13.7 Å². The first-order valence-corrected chi connectivity index (χ1v) is 10.7. The van der Waals surface area contributed by atoms with Gasteiger partial charge >= 0.3 is 0 Å². The number of rotatable bonds is 3. The third kappa shape index (κ3) is 3.26. The van der Waals surface area contributed by atoms with E-state index in [2.05, 4.69) is 14.8 Å². The van der Waals surface area contributed by atoms with Crippen molar-refractivity contribution in [1.29, 1.82) is 5.26 Å². The lowest BCUT2D eigenvalue weighted by Crippen LogP contribution is -2.48. The highest BCUT2D eigenvalue weighted by Crippen LogP contribution is 2.38. The summed E-state index contributed by atoms with van der Waals surface area (Å²) in [6, 6.07) is 12.3. The van der Waals surface area contributed by atoms with Gasteiger partial charge in [0, 0.05) is 31.2 Å². The Kier molecular flexibility index (Phi) is 4.74. The molecule has 7 nitrogen and oxygen atoms in total. The molecule has 27 heavy (non-hydrogen) atoms. The smallest absolute Gasteiger partial charge is 0.245 e. The minimum Gasteiger partial charge on any atom is -0.368 e. The van der Waals surface area contributed by atoms with Gasteiger partial charge in [0.15, 0.2) is 0 Å². The molecule has 2 aliphatic rings. The fourth-order valence-electron chi connectivity index (χ4n) is 3.17. The van der Waals surface area contributed by atoms with E-state index in [0.717, 1.165) is 17.0 Å². The number of anilines is 1. The molecule has 0 N–H and O–H groups in total. The largest absolute Gasteiger partial charge is 0.368 e. The van der Waals surface area contributed by atoms with Gasteiger partial charge in [0.05, 0.1) is 22.6 Å². The third-order valence-corrected chi connectivity index (χ3v) is 7.23. The first-order valence-electron chi connectivity index (χ1n) is 8.17. The van der Waals surface area contributed by atoms with Crippen LogP contribution in [0.25, 0.3) is 0 Å². The van der Waals surface area contributed by atoms with Crippen LogP contribution in [0.1, 0.15) is 5.56 Å². The normalized spacial score (nSPS) is 16.7. The number of nitriles is 1. The summed E-state index contributed by atoms with van der Waals surface area (Å²) in [4.78, 5) is 2.19. The summed E-state index contributed by atoms with van der Waals surface area (Å²) >= 11 is 6.96. The Morgan fingerprint density at radius 1 is 1.11 bits per heavy atom. The fraction of sp³-hybridized carbons (Fsp3) is 0.235. The Bertz CT molecular complexity index is 1130. The lowest BCUT2D eigenvalue weighted by Gasteiger charge is -2.35. The van der Waals surface area contributed by atoms with E-state index in [-0.39, 0.29) is 4.90 Å². The number of hydrogen-bond donors (Lipinski definition) is 0. The topological polar surface area (TPSA) is 89.1 Å². The zero-order valence-corrected chi connectivity index (χ0v) is 16.4. The zero-order valence-electron chi connectivity index (χ0n) is 14.0. The highest BCUT2D eigenvalue weighted by atomic mass is 35.5. The molecule has 2 aliphatic heterocycles. The number of hydrogen-bond acceptors (Lipinski definition) is 6. The van der Waals surface area contributed by atoms with Crippen molar-refractivity contribution in [3.63, 3.8) is 0 Å². The van der Waals surface area contributed by atoms with Gasteiger partial charge in [-0.15, -0.1) is 0 Å². The van der Waals surface area contributed by atoms with Gasteiger partial charge in [-0.25, -0.2) is 8.42 Å². The van der Waals surface area contributed by atoms with Crippen LogP contribution in [0.5, 0.6) is 0 Å². The SMILES string of the molecule is N#Cc1cc(Cl)ccc1N1CCN(S(=O)(=O)c2cccc3c2N=S=N3)CC1. The Hall–Kier alpha value is -2.25. The predicted octanol–water partition coefficient (Wildman–Crippen LogP) is 3.45. The lowest BCUT2D eigenvalue weighted by molar-refractivity contribution is 0.385. The zero-order chi connectivity index (χ0) is 19.0. The summed E-state index contributed by atoms with van der Waals surface area (Å²) in [6.45, 7) is 1.62. The molecule has 1 saturated heterocycles. The summed E-state index contributed by atoms with van der Waals surface area (Å²) < 4.78 is 35.9. The Morgan fingerprint density at radius 3 is 2.63 bits per heavy atom. The first kappa shape index (κ1) is 18.1. The number of piperazine rings is 1. The van der Waals surface area contributed by atoms with Crippen molar-refractivity contribution < 1.29 is 8.42 Å². The highest BCUT2D eigenvalue weighted by molar-refractivity contribution is 7.89. The second-order valence-corrected chi connectivity index (χ2v) is 8.92. The van der Waals surface area contributed by atoms with E-state index in [1.165, 1.54) is 4.31 Å². The highest BCUT2D eigenvalue weighted by Gasteiger charge is 2.32. The molecule has 0 aromatic heterocycles. The van der Waals surface area contributed by atoms with Crippen LogP contribution in [0.3, 0.4) is 0 Å². The molecule has 10 heteroatoms. The fourth-order valence-corrected chi connectivity index (χ4v) is 5.52. The van der Waals surface area contributed by atoms with Gasteiger partial charge < -0.3 is 4.90 Å². The molecule has 138 valence electrons. The van der Waals surface area contributed by atoms with Crippen LogP contribution in [0, 0.1) is 11.3 Å². The average Bonchev–Trinajstić information content (AvgIpc) is 3.16. The minimum absolute atomic E-state index is 0.186. The van der Waals surface area contributed by atoms with Gasteiger partial charge in [0.1, 0.15) is 22.3 Å². The molecule has 0 radical (unpaired) electrons. The van der Waals surface area contributed by atoms with Gasteiger partial charge in [-0.05, 0) is 30.3 Å². The maximum atomic E-state index is 13.1. The Labute approximate surface area is 165 Å². The van der Waals surface area contributed by atoms with Crippen molar-refractivity contribution in [2.75, 3.05) is 31.1 Å². The van der Waals surface area contributed by atoms with Crippen molar-refractivity contribution in [2.45, 2.75) is 4.90 Å². The molecule has 0 saturated carbocycles. The molecular formula is C17H14ClN5O2S2. The quantitative estimate of drug-likeness (QED) is 0.650.